The highest BCUT2D eigenvalue weighted by molar-refractivity contribution is 6.16. The number of nitrogen functional groups attached to an aromatic ring is 1. The van der Waals surface area contributed by atoms with Gasteiger partial charge in [-0.05, 0) is 37.0 Å². The molecule has 0 amide bonds. The second kappa shape index (κ2) is 9.74. The third kappa shape index (κ3) is 4.44. The third-order valence-electron chi connectivity index (χ3n) is 7.08. The van der Waals surface area contributed by atoms with Crippen molar-refractivity contribution in [3.8, 4) is 0 Å². The maximum absolute atomic E-state index is 8.79. The summed E-state index contributed by atoms with van der Waals surface area (Å²) in [7, 11) is 0. The molecular formula is C29H32N6. The largest absolute Gasteiger partial charge is 0.383 e. The lowest BCUT2D eigenvalue weighted by atomic mass is 9.88. The van der Waals surface area contributed by atoms with Gasteiger partial charge in [0.25, 0.3) is 0 Å². The Balaban J connectivity index is 1.49. The van der Waals surface area contributed by atoms with Crippen molar-refractivity contribution in [1.82, 2.24) is 14.9 Å². The number of benzene rings is 2. The number of nitrogens with zero attached hydrogens (tertiary/aromatic N) is 3. The minimum atomic E-state index is 0.295. The predicted molar refractivity (Wildman–Crippen MR) is 144 cm³/mol. The quantitative estimate of drug-likeness (QED) is 0.398. The average molecular weight is 465 g/mol. The Kier molecular flexibility index (Phi) is 6.36. The van der Waals surface area contributed by atoms with E-state index in [-0.39, 0.29) is 0 Å². The van der Waals surface area contributed by atoms with Crippen LogP contribution in [0.5, 0.6) is 0 Å². The van der Waals surface area contributed by atoms with E-state index in [9.17, 15) is 0 Å². The molecule has 0 spiro atoms. The van der Waals surface area contributed by atoms with E-state index in [1.165, 1.54) is 55.1 Å². The highest BCUT2D eigenvalue weighted by atomic mass is 15.2. The smallest absolute Gasteiger partial charge is 0.141 e. The van der Waals surface area contributed by atoms with Crippen molar-refractivity contribution in [1.29, 1.82) is 5.41 Å². The standard InChI is InChI=1S/C29H32N6/c1-19-10-9-13-22-16-24(35(20(2)25(19)22)23-14-7-4-8-15-23)17-32-29-26(28(31)33-18-34-29)27(30)21-11-5-3-6-12-21/h3,5-6,9-13,16,18,23,30H,2,4,7-8,14-15,17H2,1H3,(H3,31,32,33,34). The molecule has 0 bridgehead atoms. The maximum atomic E-state index is 8.79. The number of anilines is 2. The Morgan fingerprint density at radius 1 is 1.09 bits per heavy atom. The number of nitrogens with one attached hydrogen (secondary N) is 2. The second-order valence-corrected chi connectivity index (χ2v) is 9.36. The number of nitrogens with two attached hydrogens (primary N) is 1. The molecule has 2 heterocycles. The molecule has 2 aromatic carbocycles. The molecule has 178 valence electrons. The molecule has 0 radical (unpaired) electrons. The van der Waals surface area contributed by atoms with Gasteiger partial charge in [-0.25, -0.2) is 9.97 Å². The van der Waals surface area contributed by atoms with Crippen LogP contribution in [0, 0.1) is 12.3 Å². The molecule has 1 aliphatic heterocycles. The van der Waals surface area contributed by atoms with Crippen molar-refractivity contribution in [3.63, 3.8) is 0 Å². The van der Waals surface area contributed by atoms with Gasteiger partial charge in [0.1, 0.15) is 18.0 Å². The summed E-state index contributed by atoms with van der Waals surface area (Å²) in [5, 5.41) is 12.3. The summed E-state index contributed by atoms with van der Waals surface area (Å²) < 4.78 is 0. The Morgan fingerprint density at radius 3 is 2.63 bits per heavy atom. The van der Waals surface area contributed by atoms with Crippen molar-refractivity contribution in [3.05, 3.63) is 95.0 Å². The minimum absolute atomic E-state index is 0.295. The molecule has 1 fully saturated rings. The minimum Gasteiger partial charge on any atom is -0.383 e. The summed E-state index contributed by atoms with van der Waals surface area (Å²) in [6.45, 7) is 7.26. The fourth-order valence-electron chi connectivity index (χ4n) is 5.38. The average Bonchev–Trinajstić information content (AvgIpc) is 2.88. The van der Waals surface area contributed by atoms with Crippen LogP contribution < -0.4 is 11.1 Å². The molecule has 3 aromatic rings. The third-order valence-corrected chi connectivity index (χ3v) is 7.08. The van der Waals surface area contributed by atoms with E-state index >= 15 is 0 Å². The lowest BCUT2D eigenvalue weighted by Crippen LogP contribution is -2.38. The number of aromatic nitrogens is 2. The number of hydrogen-bond acceptors (Lipinski definition) is 6. The molecule has 1 saturated carbocycles. The topological polar surface area (TPSA) is 90.9 Å². The fourth-order valence-corrected chi connectivity index (χ4v) is 5.38. The summed E-state index contributed by atoms with van der Waals surface area (Å²) >= 11 is 0. The number of hydrogen-bond donors (Lipinski definition) is 3. The number of rotatable bonds is 6. The van der Waals surface area contributed by atoms with Crippen molar-refractivity contribution in [2.45, 2.75) is 45.1 Å². The molecule has 0 unspecified atom stereocenters. The molecule has 0 atom stereocenters. The van der Waals surface area contributed by atoms with Crippen molar-refractivity contribution in [2.24, 2.45) is 0 Å². The molecule has 6 nitrogen and oxygen atoms in total. The molecule has 1 aliphatic carbocycles. The van der Waals surface area contributed by atoms with Gasteiger partial charge in [-0.1, -0.05) is 74.4 Å². The van der Waals surface area contributed by atoms with Crippen LogP contribution in [0.25, 0.3) is 11.8 Å². The second-order valence-electron chi connectivity index (χ2n) is 9.36. The van der Waals surface area contributed by atoms with Crippen LogP contribution in [0.1, 0.15) is 59.9 Å². The molecule has 6 heteroatoms. The molecule has 0 saturated heterocycles. The Bertz CT molecular complexity index is 1290. The summed E-state index contributed by atoms with van der Waals surface area (Å²) in [5.74, 6) is 0.861. The van der Waals surface area contributed by atoms with Crippen LogP contribution >= 0.6 is 0 Å². The highest BCUT2D eigenvalue weighted by Crippen LogP contribution is 2.39. The molecule has 4 N–H and O–H groups in total. The van der Waals surface area contributed by atoms with Gasteiger partial charge in [-0.15, -0.1) is 0 Å². The fraction of sp³-hybridized carbons (Fsp3) is 0.276. The van der Waals surface area contributed by atoms with Crippen LogP contribution in [0.3, 0.4) is 0 Å². The zero-order chi connectivity index (χ0) is 24.4. The first kappa shape index (κ1) is 22.8. The molecular weight excluding hydrogens is 432 g/mol. The summed E-state index contributed by atoms with van der Waals surface area (Å²) in [6.07, 6.45) is 9.85. The van der Waals surface area contributed by atoms with E-state index in [1.807, 2.05) is 30.3 Å². The van der Waals surface area contributed by atoms with Gasteiger partial charge in [0, 0.05) is 28.6 Å². The van der Waals surface area contributed by atoms with Gasteiger partial charge >= 0.3 is 0 Å². The van der Waals surface area contributed by atoms with Crippen LogP contribution in [-0.4, -0.2) is 33.2 Å². The van der Waals surface area contributed by atoms with E-state index in [0.717, 1.165) is 17.0 Å². The van der Waals surface area contributed by atoms with Gasteiger partial charge in [0.15, 0.2) is 0 Å². The van der Waals surface area contributed by atoms with Crippen molar-refractivity contribution >= 4 is 29.1 Å². The van der Waals surface area contributed by atoms with Gasteiger partial charge in [0.2, 0.25) is 0 Å². The zero-order valence-corrected chi connectivity index (χ0v) is 20.2. The Morgan fingerprint density at radius 2 is 1.86 bits per heavy atom. The number of fused-ring (bicyclic) bond motifs is 1. The first-order chi connectivity index (χ1) is 17.0. The van der Waals surface area contributed by atoms with Gasteiger partial charge in [-0.3, -0.25) is 5.41 Å². The van der Waals surface area contributed by atoms with Gasteiger partial charge in [-0.2, -0.15) is 0 Å². The molecule has 2 aliphatic rings. The Labute approximate surface area is 207 Å². The molecule has 1 aromatic heterocycles. The van der Waals surface area contributed by atoms with E-state index in [0.29, 0.717) is 35.5 Å². The predicted octanol–water partition coefficient (Wildman–Crippen LogP) is 5.86. The lowest BCUT2D eigenvalue weighted by Gasteiger charge is -2.42. The highest BCUT2D eigenvalue weighted by Gasteiger charge is 2.30. The van der Waals surface area contributed by atoms with Crippen LogP contribution in [0.4, 0.5) is 11.6 Å². The summed E-state index contributed by atoms with van der Waals surface area (Å²) in [6, 6.07) is 16.4. The zero-order valence-electron chi connectivity index (χ0n) is 20.2. The lowest BCUT2D eigenvalue weighted by molar-refractivity contribution is 0.272. The first-order valence-electron chi connectivity index (χ1n) is 12.3. The first-order valence-corrected chi connectivity index (χ1v) is 12.3. The molecule has 5 rings (SSSR count). The van der Waals surface area contributed by atoms with Crippen LogP contribution in [0.15, 0.2) is 67.1 Å². The van der Waals surface area contributed by atoms with Crippen LogP contribution in [-0.2, 0) is 0 Å². The Hall–Kier alpha value is -3.93. The van der Waals surface area contributed by atoms with Gasteiger partial charge in [0.05, 0.1) is 17.8 Å². The van der Waals surface area contributed by atoms with Crippen molar-refractivity contribution < 1.29 is 0 Å². The summed E-state index contributed by atoms with van der Waals surface area (Å²) in [5.41, 5.74) is 13.8. The SMILES string of the molecule is C=C1c2c(C)cccc2C=C(CNc2ncnc(N)c2C(=N)c2ccccc2)N1C1CCCCC1. The normalized spacial score (nSPS) is 16.0. The maximum Gasteiger partial charge on any atom is 0.141 e. The van der Waals surface area contributed by atoms with E-state index in [1.54, 1.807) is 0 Å². The van der Waals surface area contributed by atoms with E-state index < -0.39 is 0 Å². The monoisotopic (exact) mass is 464 g/mol. The van der Waals surface area contributed by atoms with E-state index in [2.05, 4.69) is 58.0 Å². The summed E-state index contributed by atoms with van der Waals surface area (Å²) in [4.78, 5) is 11.1. The molecule has 35 heavy (non-hydrogen) atoms. The van der Waals surface area contributed by atoms with Gasteiger partial charge < -0.3 is 16.0 Å². The van der Waals surface area contributed by atoms with E-state index in [4.69, 9.17) is 11.1 Å². The van der Waals surface area contributed by atoms with Crippen molar-refractivity contribution in [2.75, 3.05) is 17.6 Å². The van der Waals surface area contributed by atoms with Crippen LogP contribution in [0.2, 0.25) is 0 Å². The number of aryl methyl sites for hydroxylation is 1.